The van der Waals surface area contributed by atoms with Crippen LogP contribution in [0.15, 0.2) is 40.8 Å². The van der Waals surface area contributed by atoms with Gasteiger partial charge in [-0.15, -0.1) is 0 Å². The Morgan fingerprint density at radius 1 is 1.14 bits per heavy atom. The van der Waals surface area contributed by atoms with Crippen LogP contribution in [0.2, 0.25) is 0 Å². The summed E-state index contributed by atoms with van der Waals surface area (Å²) in [7, 11) is 0. The van der Waals surface area contributed by atoms with Gasteiger partial charge in [-0.2, -0.15) is 0 Å². The van der Waals surface area contributed by atoms with Gasteiger partial charge in [0.1, 0.15) is 22.8 Å². The molecule has 6 nitrogen and oxygen atoms in total. The number of carbonyl (C=O) groups is 1. The summed E-state index contributed by atoms with van der Waals surface area (Å²) in [5.41, 5.74) is 2.73. The predicted octanol–water partition coefficient (Wildman–Crippen LogP) is 3.94. The van der Waals surface area contributed by atoms with Crippen LogP contribution in [-0.4, -0.2) is 47.2 Å². The summed E-state index contributed by atoms with van der Waals surface area (Å²) in [6.07, 6.45) is 1.09. The average molecular weight is 393 g/mol. The van der Waals surface area contributed by atoms with Crippen molar-refractivity contribution in [3.63, 3.8) is 0 Å². The molecule has 150 valence electrons. The van der Waals surface area contributed by atoms with Gasteiger partial charge >= 0.3 is 0 Å². The van der Waals surface area contributed by atoms with E-state index in [4.69, 9.17) is 9.15 Å². The highest BCUT2D eigenvalue weighted by Crippen LogP contribution is 2.42. The normalized spacial score (nSPS) is 18.4. The van der Waals surface area contributed by atoms with E-state index in [9.17, 15) is 15.0 Å². The summed E-state index contributed by atoms with van der Waals surface area (Å²) < 4.78 is 11.5. The fourth-order valence-corrected chi connectivity index (χ4v) is 4.57. The lowest BCUT2D eigenvalue weighted by Gasteiger charge is -2.37. The zero-order valence-electron chi connectivity index (χ0n) is 16.3. The van der Waals surface area contributed by atoms with Gasteiger partial charge in [0.05, 0.1) is 18.8 Å². The molecule has 2 aliphatic rings. The highest BCUT2D eigenvalue weighted by molar-refractivity contribution is 6.12. The third kappa shape index (κ3) is 2.99. The molecule has 1 spiro atoms. The largest absolute Gasteiger partial charge is 0.508 e. The van der Waals surface area contributed by atoms with E-state index in [-0.39, 0.29) is 22.7 Å². The van der Waals surface area contributed by atoms with Crippen LogP contribution in [-0.2, 0) is 11.3 Å². The molecule has 2 aromatic carbocycles. The number of Topliss-reactive ketones (excluding diaryl/α,β-unsaturated/α-hetero) is 1. The summed E-state index contributed by atoms with van der Waals surface area (Å²) in [6.45, 7) is 5.54. The van der Waals surface area contributed by atoms with Crippen molar-refractivity contribution in [1.82, 2.24) is 4.90 Å². The van der Waals surface area contributed by atoms with E-state index in [1.165, 1.54) is 6.92 Å². The van der Waals surface area contributed by atoms with Crippen molar-refractivity contribution >= 4 is 16.8 Å². The van der Waals surface area contributed by atoms with Gasteiger partial charge in [-0.05, 0) is 56.3 Å². The number of furan rings is 1. The molecule has 0 aliphatic carbocycles. The smallest absolute Gasteiger partial charge is 0.164 e. The second kappa shape index (κ2) is 6.61. The number of phenolic OH excluding ortho intramolecular Hbond substituents is 2. The molecular weight excluding hydrogens is 370 g/mol. The molecule has 29 heavy (non-hydrogen) atoms. The molecule has 3 aromatic rings. The molecule has 2 saturated heterocycles. The molecule has 1 aromatic heterocycles. The van der Waals surface area contributed by atoms with Gasteiger partial charge in [-0.3, -0.25) is 9.69 Å². The second-order valence-corrected chi connectivity index (χ2v) is 8.30. The lowest BCUT2D eigenvalue weighted by molar-refractivity contribution is -0.105. The molecule has 5 rings (SSSR count). The van der Waals surface area contributed by atoms with Crippen molar-refractivity contribution in [2.75, 3.05) is 26.3 Å². The zero-order chi connectivity index (χ0) is 20.2. The van der Waals surface area contributed by atoms with Crippen molar-refractivity contribution in [1.29, 1.82) is 0 Å². The Hall–Kier alpha value is -2.83. The zero-order valence-corrected chi connectivity index (χ0v) is 16.3. The van der Waals surface area contributed by atoms with Gasteiger partial charge in [0.15, 0.2) is 5.78 Å². The molecule has 0 bridgehead atoms. The van der Waals surface area contributed by atoms with Crippen LogP contribution in [0.3, 0.4) is 0 Å². The summed E-state index contributed by atoms with van der Waals surface area (Å²) in [6, 6.07) is 9.91. The predicted molar refractivity (Wildman–Crippen MR) is 108 cm³/mol. The van der Waals surface area contributed by atoms with Crippen molar-refractivity contribution in [3.8, 4) is 22.8 Å². The van der Waals surface area contributed by atoms with Crippen molar-refractivity contribution in [3.05, 3.63) is 47.5 Å². The van der Waals surface area contributed by atoms with E-state index in [1.54, 1.807) is 36.4 Å². The van der Waals surface area contributed by atoms with E-state index in [0.29, 0.717) is 34.4 Å². The van der Waals surface area contributed by atoms with Gasteiger partial charge in [0.25, 0.3) is 0 Å². The first-order valence-corrected chi connectivity index (χ1v) is 9.84. The lowest BCUT2D eigenvalue weighted by Crippen LogP contribution is -2.44. The van der Waals surface area contributed by atoms with E-state index in [1.807, 2.05) is 0 Å². The molecular formula is C23H23NO5. The first kappa shape index (κ1) is 18.2. The molecule has 0 saturated carbocycles. The number of benzene rings is 2. The molecule has 0 unspecified atom stereocenters. The van der Waals surface area contributed by atoms with Gasteiger partial charge in [0.2, 0.25) is 0 Å². The molecule has 3 heterocycles. The maximum atomic E-state index is 12.6. The van der Waals surface area contributed by atoms with E-state index >= 15 is 0 Å². The summed E-state index contributed by atoms with van der Waals surface area (Å²) in [4.78, 5) is 14.9. The average Bonchev–Trinajstić information content (AvgIpc) is 3.27. The molecule has 0 radical (unpaired) electrons. The first-order valence-electron chi connectivity index (χ1n) is 9.84. The number of fused-ring (bicyclic) bond motifs is 1. The van der Waals surface area contributed by atoms with E-state index in [0.717, 1.165) is 38.3 Å². The highest BCUT2D eigenvalue weighted by Gasteiger charge is 2.44. The fourth-order valence-electron chi connectivity index (χ4n) is 4.57. The third-order valence-corrected chi connectivity index (χ3v) is 6.14. The Labute approximate surface area is 168 Å². The minimum atomic E-state index is -0.121. The number of phenols is 2. The number of hydrogen-bond acceptors (Lipinski definition) is 6. The van der Waals surface area contributed by atoms with Crippen LogP contribution in [0.4, 0.5) is 0 Å². The van der Waals surface area contributed by atoms with Crippen molar-refractivity contribution in [2.24, 2.45) is 5.41 Å². The number of ether oxygens (including phenoxy) is 1. The van der Waals surface area contributed by atoms with Crippen LogP contribution in [0.1, 0.15) is 29.3 Å². The maximum Gasteiger partial charge on any atom is 0.164 e. The highest BCUT2D eigenvalue weighted by atomic mass is 16.5. The lowest BCUT2D eigenvalue weighted by atomic mass is 9.85. The summed E-state index contributed by atoms with van der Waals surface area (Å²) in [5.74, 6) is 0.660. The molecule has 2 fully saturated rings. The third-order valence-electron chi connectivity index (χ3n) is 6.14. The van der Waals surface area contributed by atoms with Crippen LogP contribution in [0.5, 0.6) is 11.5 Å². The van der Waals surface area contributed by atoms with E-state index < -0.39 is 0 Å². The summed E-state index contributed by atoms with van der Waals surface area (Å²) >= 11 is 0. The maximum absolute atomic E-state index is 12.6. The number of nitrogens with zero attached hydrogens (tertiary/aromatic N) is 1. The number of ketones is 1. The fraction of sp³-hybridized carbons (Fsp3) is 0.348. The quantitative estimate of drug-likeness (QED) is 0.654. The molecule has 0 amide bonds. The standard InChI is InChI=1S/C23H23NO5/c1-14(25)20-21-17(10-24-9-8-23(11-24)12-28-13-23)18(27)6-7-19(21)29-22(20)15-2-4-16(26)5-3-15/h2-7,26-27H,8-13H2,1H3. The van der Waals surface area contributed by atoms with Gasteiger partial charge < -0.3 is 19.4 Å². The molecule has 2 N–H and O–H groups in total. The van der Waals surface area contributed by atoms with Gasteiger partial charge in [0, 0.05) is 35.0 Å². The number of likely N-dealkylation sites (tertiary alicyclic amines) is 1. The van der Waals surface area contributed by atoms with Crippen LogP contribution >= 0.6 is 0 Å². The van der Waals surface area contributed by atoms with Gasteiger partial charge in [-0.25, -0.2) is 0 Å². The Kier molecular flexibility index (Phi) is 4.15. The monoisotopic (exact) mass is 393 g/mol. The molecule has 6 heteroatoms. The Morgan fingerprint density at radius 3 is 2.52 bits per heavy atom. The number of aromatic hydroxyl groups is 2. The minimum absolute atomic E-state index is 0.121. The number of carbonyl (C=O) groups excluding carboxylic acids is 1. The van der Waals surface area contributed by atoms with Crippen LogP contribution in [0, 0.1) is 5.41 Å². The number of hydrogen-bond donors (Lipinski definition) is 2. The van der Waals surface area contributed by atoms with Crippen LogP contribution < -0.4 is 0 Å². The second-order valence-electron chi connectivity index (χ2n) is 8.30. The Balaban J connectivity index is 1.61. The van der Waals surface area contributed by atoms with Crippen molar-refractivity contribution in [2.45, 2.75) is 19.9 Å². The summed E-state index contributed by atoms with van der Waals surface area (Å²) in [5, 5.41) is 20.9. The molecule has 0 atom stereocenters. The molecule has 2 aliphatic heterocycles. The first-order chi connectivity index (χ1) is 14.0. The number of rotatable bonds is 4. The SMILES string of the molecule is CC(=O)c1c(-c2ccc(O)cc2)oc2ccc(O)c(CN3CCC4(COC4)C3)c12. The topological polar surface area (TPSA) is 83.1 Å². The van der Waals surface area contributed by atoms with Gasteiger partial charge in [-0.1, -0.05) is 0 Å². The van der Waals surface area contributed by atoms with Crippen LogP contribution in [0.25, 0.3) is 22.3 Å². The van der Waals surface area contributed by atoms with Crippen molar-refractivity contribution < 1.29 is 24.2 Å². The van der Waals surface area contributed by atoms with E-state index in [2.05, 4.69) is 4.90 Å². The minimum Gasteiger partial charge on any atom is -0.508 e. The Bertz CT molecular complexity index is 1090. The Morgan fingerprint density at radius 2 is 1.90 bits per heavy atom.